The van der Waals surface area contributed by atoms with Crippen molar-refractivity contribution in [2.24, 2.45) is 5.41 Å². The second-order valence-electron chi connectivity index (χ2n) is 8.09. The zero-order chi connectivity index (χ0) is 17.4. The molecule has 1 saturated carbocycles. The van der Waals surface area contributed by atoms with Crippen LogP contribution < -0.4 is 5.32 Å². The summed E-state index contributed by atoms with van der Waals surface area (Å²) in [6.07, 6.45) is 1.48. The summed E-state index contributed by atoms with van der Waals surface area (Å²) in [5, 5.41) is 17.4. The van der Waals surface area contributed by atoms with Crippen molar-refractivity contribution in [1.29, 1.82) is 0 Å². The molecule has 5 heteroatoms. The molecule has 4 atom stereocenters. The molecule has 2 aromatic rings. The molecule has 1 aromatic heterocycles. The molecule has 0 bridgehead atoms. The number of carbonyl (C=O) groups excluding carboxylic acids is 1. The van der Waals surface area contributed by atoms with E-state index in [-0.39, 0.29) is 22.8 Å². The van der Waals surface area contributed by atoms with Gasteiger partial charge in [-0.1, -0.05) is 13.0 Å². The highest BCUT2D eigenvalue weighted by molar-refractivity contribution is 7.08. The normalized spacial score (nSPS) is 35.1. The molecule has 25 heavy (non-hydrogen) atoms. The van der Waals surface area contributed by atoms with Gasteiger partial charge in [-0.15, -0.1) is 0 Å². The molecule has 2 fully saturated rings. The SMILES string of the molecule is CN1CC23Cc4ccc(O)cc4C2(C)C(NC(=O)Cc2ccsc2)C13. The van der Waals surface area contributed by atoms with Crippen LogP contribution in [0.15, 0.2) is 35.0 Å². The van der Waals surface area contributed by atoms with Gasteiger partial charge < -0.3 is 15.3 Å². The molecule has 1 aromatic carbocycles. The van der Waals surface area contributed by atoms with Crippen LogP contribution in [0.1, 0.15) is 23.6 Å². The molecule has 2 heterocycles. The molecule has 4 nitrogen and oxygen atoms in total. The molecule has 130 valence electrons. The van der Waals surface area contributed by atoms with Crippen LogP contribution in [0.4, 0.5) is 0 Å². The van der Waals surface area contributed by atoms with Crippen LogP contribution >= 0.6 is 11.3 Å². The van der Waals surface area contributed by atoms with Crippen molar-refractivity contribution in [3.63, 3.8) is 0 Å². The van der Waals surface area contributed by atoms with Crippen LogP contribution in [0.2, 0.25) is 0 Å². The lowest BCUT2D eigenvalue weighted by molar-refractivity contribution is -0.215. The molecule has 1 saturated heterocycles. The first-order valence-electron chi connectivity index (χ1n) is 8.79. The Morgan fingerprint density at radius 1 is 1.44 bits per heavy atom. The fraction of sp³-hybridized carbons (Fsp3) is 0.450. The zero-order valence-electron chi connectivity index (χ0n) is 14.5. The molecule has 1 spiro atoms. The summed E-state index contributed by atoms with van der Waals surface area (Å²) in [7, 11) is 2.15. The van der Waals surface area contributed by atoms with Gasteiger partial charge in [-0.05, 0) is 59.1 Å². The summed E-state index contributed by atoms with van der Waals surface area (Å²) >= 11 is 1.62. The van der Waals surface area contributed by atoms with Gasteiger partial charge in [0.25, 0.3) is 0 Å². The molecule has 5 rings (SSSR count). The van der Waals surface area contributed by atoms with E-state index in [9.17, 15) is 9.90 Å². The smallest absolute Gasteiger partial charge is 0.224 e. The number of carbonyl (C=O) groups is 1. The molecular formula is C20H22N2O2S. The van der Waals surface area contributed by atoms with E-state index in [0.29, 0.717) is 18.2 Å². The fourth-order valence-corrected chi connectivity index (χ4v) is 6.54. The maximum absolute atomic E-state index is 12.6. The first-order chi connectivity index (χ1) is 12.0. The van der Waals surface area contributed by atoms with Crippen LogP contribution in [0.5, 0.6) is 5.75 Å². The summed E-state index contributed by atoms with van der Waals surface area (Å²) in [6, 6.07) is 8.25. The monoisotopic (exact) mass is 354 g/mol. The fourth-order valence-electron chi connectivity index (χ4n) is 5.87. The number of aromatic hydroxyl groups is 1. The lowest BCUT2D eigenvalue weighted by Gasteiger charge is -2.75. The predicted octanol–water partition coefficient (Wildman–Crippen LogP) is 2.31. The minimum atomic E-state index is -0.0947. The van der Waals surface area contributed by atoms with Crippen LogP contribution in [-0.2, 0) is 23.1 Å². The molecule has 0 radical (unpaired) electrons. The van der Waals surface area contributed by atoms with E-state index < -0.39 is 0 Å². The maximum atomic E-state index is 12.6. The van der Waals surface area contributed by atoms with E-state index >= 15 is 0 Å². The summed E-state index contributed by atoms with van der Waals surface area (Å²) in [4.78, 5) is 15.0. The Hall–Kier alpha value is -1.85. The molecular weight excluding hydrogens is 332 g/mol. The number of benzene rings is 1. The molecule has 1 aliphatic heterocycles. The third-order valence-corrected chi connectivity index (χ3v) is 7.70. The first kappa shape index (κ1) is 15.4. The van der Waals surface area contributed by atoms with Gasteiger partial charge in [-0.3, -0.25) is 4.79 Å². The van der Waals surface area contributed by atoms with Gasteiger partial charge in [0.1, 0.15) is 5.75 Å². The molecule has 4 unspecified atom stereocenters. The zero-order valence-corrected chi connectivity index (χ0v) is 15.3. The minimum Gasteiger partial charge on any atom is -0.508 e. The van der Waals surface area contributed by atoms with Gasteiger partial charge in [-0.25, -0.2) is 0 Å². The van der Waals surface area contributed by atoms with Crippen molar-refractivity contribution in [1.82, 2.24) is 10.2 Å². The topological polar surface area (TPSA) is 52.6 Å². The van der Waals surface area contributed by atoms with Crippen molar-refractivity contribution < 1.29 is 9.90 Å². The van der Waals surface area contributed by atoms with Crippen LogP contribution in [0, 0.1) is 5.41 Å². The van der Waals surface area contributed by atoms with E-state index in [4.69, 9.17) is 0 Å². The largest absolute Gasteiger partial charge is 0.508 e. The van der Waals surface area contributed by atoms with Gasteiger partial charge in [0.05, 0.1) is 12.5 Å². The lowest BCUT2D eigenvalue weighted by atomic mass is 9.40. The second kappa shape index (κ2) is 4.86. The van der Waals surface area contributed by atoms with Crippen molar-refractivity contribution in [3.05, 3.63) is 51.7 Å². The highest BCUT2D eigenvalue weighted by atomic mass is 32.1. The molecule has 2 aliphatic carbocycles. The number of likely N-dealkylation sites (N-methyl/N-ethyl adjacent to an activating group) is 1. The number of amides is 1. The number of nitrogens with one attached hydrogen (secondary N) is 1. The number of nitrogens with zero attached hydrogens (tertiary/aromatic N) is 1. The van der Waals surface area contributed by atoms with E-state index in [1.807, 2.05) is 22.9 Å². The number of thiophene rings is 1. The van der Waals surface area contributed by atoms with Gasteiger partial charge in [0.2, 0.25) is 5.91 Å². The Balaban J connectivity index is 1.47. The predicted molar refractivity (Wildman–Crippen MR) is 98.0 cm³/mol. The van der Waals surface area contributed by atoms with Gasteiger partial charge >= 0.3 is 0 Å². The Labute approximate surface area is 151 Å². The molecule has 3 aliphatic rings. The summed E-state index contributed by atoms with van der Waals surface area (Å²) in [5.41, 5.74) is 3.73. The quantitative estimate of drug-likeness (QED) is 0.889. The van der Waals surface area contributed by atoms with E-state index in [2.05, 4.69) is 30.3 Å². The Kier molecular flexibility index (Phi) is 3.00. The van der Waals surface area contributed by atoms with E-state index in [1.165, 1.54) is 11.1 Å². The van der Waals surface area contributed by atoms with Crippen LogP contribution in [0.3, 0.4) is 0 Å². The Bertz CT molecular complexity index is 865. The third kappa shape index (κ3) is 1.78. The van der Waals surface area contributed by atoms with E-state index in [0.717, 1.165) is 18.5 Å². The highest BCUT2D eigenvalue weighted by Gasteiger charge is 2.79. The number of likely N-dealkylation sites (tertiary alicyclic amines) is 1. The minimum absolute atomic E-state index is 0.0899. The Morgan fingerprint density at radius 2 is 2.28 bits per heavy atom. The highest BCUT2D eigenvalue weighted by Crippen LogP contribution is 2.70. The first-order valence-corrected chi connectivity index (χ1v) is 9.73. The average molecular weight is 354 g/mol. The average Bonchev–Trinajstić information content (AvgIpc) is 3.13. The Morgan fingerprint density at radius 3 is 3.00 bits per heavy atom. The standard InChI is InChI=1S/C20H22N2O2S/c1-19-15-8-14(23)4-3-13(15)9-20(19)11-22(2)18(20)17(19)21-16(24)7-12-5-6-25-10-12/h3-6,8,10,17-18,23H,7,9,11H2,1-2H3,(H,21,24). The van der Waals surface area contributed by atoms with Crippen molar-refractivity contribution in [2.75, 3.05) is 13.6 Å². The van der Waals surface area contributed by atoms with Crippen molar-refractivity contribution in [3.8, 4) is 5.75 Å². The third-order valence-electron chi connectivity index (χ3n) is 6.96. The number of phenols is 1. The molecule has 2 N–H and O–H groups in total. The summed E-state index contributed by atoms with van der Waals surface area (Å²) in [6.45, 7) is 3.33. The summed E-state index contributed by atoms with van der Waals surface area (Å²) in [5.74, 6) is 0.406. The van der Waals surface area contributed by atoms with Gasteiger partial charge in [0.15, 0.2) is 0 Å². The number of phenolic OH excluding ortho intramolecular Hbond substituents is 1. The number of hydrogen-bond donors (Lipinski definition) is 2. The maximum Gasteiger partial charge on any atom is 0.224 e. The second-order valence-corrected chi connectivity index (χ2v) is 8.87. The summed E-state index contributed by atoms with van der Waals surface area (Å²) < 4.78 is 0. The van der Waals surface area contributed by atoms with E-state index in [1.54, 1.807) is 17.4 Å². The number of hydrogen-bond acceptors (Lipinski definition) is 4. The van der Waals surface area contributed by atoms with Gasteiger partial charge in [-0.2, -0.15) is 11.3 Å². The van der Waals surface area contributed by atoms with Crippen molar-refractivity contribution >= 4 is 17.2 Å². The number of rotatable bonds is 3. The number of piperidine rings is 1. The molecule has 1 amide bonds. The van der Waals surface area contributed by atoms with Crippen molar-refractivity contribution in [2.45, 2.75) is 37.3 Å². The number of fused-ring (bicyclic) bond motifs is 2. The van der Waals surface area contributed by atoms with Crippen LogP contribution in [0.25, 0.3) is 0 Å². The van der Waals surface area contributed by atoms with Crippen LogP contribution in [-0.4, -0.2) is 41.6 Å². The van der Waals surface area contributed by atoms with Gasteiger partial charge in [0, 0.05) is 23.4 Å². The lowest BCUT2D eigenvalue weighted by Crippen LogP contribution is -2.89.